The summed E-state index contributed by atoms with van der Waals surface area (Å²) in [7, 11) is 0.776. The lowest BCUT2D eigenvalue weighted by atomic mass is 9.84. The molecule has 0 radical (unpaired) electrons. The fourth-order valence-corrected chi connectivity index (χ4v) is 2.49. The van der Waals surface area contributed by atoms with Crippen LogP contribution in [0.5, 0.6) is 0 Å². The van der Waals surface area contributed by atoms with E-state index in [1.54, 1.807) is 0 Å². The monoisotopic (exact) mass is 419 g/mol. The van der Waals surface area contributed by atoms with Gasteiger partial charge in [-0.2, -0.15) is 0 Å². The van der Waals surface area contributed by atoms with Gasteiger partial charge in [-0.15, -0.1) is 50.6 Å². The van der Waals surface area contributed by atoms with Crippen molar-refractivity contribution in [2.75, 3.05) is 7.11 Å². The third kappa shape index (κ3) is 5.48. The Balaban J connectivity index is 3.54. The topological polar surface area (TPSA) is 271 Å². The fraction of sp³-hybridized carbons (Fsp3) is 1.00. The van der Waals surface area contributed by atoms with E-state index in [2.05, 4.69) is 24.2 Å². The standard InChI is InChI=1S/C7H9N5O16/c1-23-2-3(24-8(13)14)5(26-10(17)18)7(28-12(21)22)6(27-11(19)20)4(2)25-9(15)16/h2-7H,1H3. The van der Waals surface area contributed by atoms with E-state index in [4.69, 9.17) is 4.74 Å². The number of methoxy groups -OCH3 is 1. The maximum Gasteiger partial charge on any atom is 0.294 e. The molecule has 1 aliphatic rings. The molecular formula is C7H9N5O16. The third-order valence-corrected chi connectivity index (χ3v) is 3.25. The van der Waals surface area contributed by atoms with Crippen molar-refractivity contribution in [3.63, 3.8) is 0 Å². The highest BCUT2D eigenvalue weighted by atomic mass is 17.0. The van der Waals surface area contributed by atoms with Crippen LogP contribution in [0.25, 0.3) is 0 Å². The summed E-state index contributed by atoms with van der Waals surface area (Å²) < 4.78 is 4.71. The molecule has 1 fully saturated rings. The van der Waals surface area contributed by atoms with Gasteiger partial charge in [0.15, 0.2) is 30.5 Å². The molecule has 0 N–H and O–H groups in total. The Morgan fingerprint density at radius 3 is 0.786 bits per heavy atom. The highest BCUT2D eigenvalue weighted by molar-refractivity contribution is 5.01. The Hall–Kier alpha value is -4.04. The second-order valence-corrected chi connectivity index (χ2v) is 4.67. The summed E-state index contributed by atoms with van der Waals surface area (Å²) in [5, 5.41) is 45.7. The maximum absolute atomic E-state index is 10.7. The van der Waals surface area contributed by atoms with Crippen molar-refractivity contribution >= 4 is 0 Å². The van der Waals surface area contributed by atoms with E-state index in [0.29, 0.717) is 0 Å². The van der Waals surface area contributed by atoms with Crippen LogP contribution in [0.4, 0.5) is 0 Å². The number of rotatable bonds is 11. The minimum absolute atomic E-state index is 0.776. The van der Waals surface area contributed by atoms with Gasteiger partial charge in [0, 0.05) is 7.11 Å². The zero-order valence-electron chi connectivity index (χ0n) is 13.2. The highest BCUT2D eigenvalue weighted by Crippen LogP contribution is 2.33. The first-order valence-corrected chi connectivity index (χ1v) is 6.56. The van der Waals surface area contributed by atoms with Crippen molar-refractivity contribution in [3.8, 4) is 0 Å². The van der Waals surface area contributed by atoms with Crippen LogP contribution < -0.4 is 0 Å². The van der Waals surface area contributed by atoms with Crippen molar-refractivity contribution in [2.45, 2.75) is 36.6 Å². The first-order chi connectivity index (χ1) is 13.0. The summed E-state index contributed by atoms with van der Waals surface area (Å²) >= 11 is 0. The normalized spacial score (nSPS) is 29.0. The third-order valence-electron chi connectivity index (χ3n) is 3.25. The maximum atomic E-state index is 10.7. The van der Waals surface area contributed by atoms with Gasteiger partial charge in [-0.25, -0.2) is 0 Å². The van der Waals surface area contributed by atoms with Crippen molar-refractivity contribution in [1.29, 1.82) is 0 Å². The molecule has 0 heterocycles. The fourth-order valence-electron chi connectivity index (χ4n) is 2.49. The summed E-state index contributed by atoms with van der Waals surface area (Å²) in [5.74, 6) is 0. The predicted octanol–water partition coefficient (Wildman–Crippen LogP) is -2.10. The molecule has 0 aliphatic heterocycles. The second-order valence-electron chi connectivity index (χ2n) is 4.67. The Bertz CT molecular complexity index is 597. The van der Waals surface area contributed by atoms with Gasteiger partial charge in [-0.1, -0.05) is 0 Å². The van der Waals surface area contributed by atoms with E-state index in [0.717, 1.165) is 7.11 Å². The Morgan fingerprint density at radius 1 is 0.464 bits per heavy atom. The van der Waals surface area contributed by atoms with Gasteiger partial charge >= 0.3 is 0 Å². The summed E-state index contributed by atoms with van der Waals surface area (Å²) in [6.45, 7) is 0. The lowest BCUT2D eigenvalue weighted by Crippen LogP contribution is -2.68. The molecule has 4 atom stereocenters. The lowest BCUT2D eigenvalue weighted by Gasteiger charge is -2.44. The molecule has 21 heteroatoms. The molecule has 1 aliphatic carbocycles. The zero-order chi connectivity index (χ0) is 21.6. The molecule has 4 unspecified atom stereocenters. The number of ether oxygens (including phenoxy) is 1. The molecule has 1 saturated carbocycles. The SMILES string of the molecule is COC1C(O[N+](=O)[O-])C(O[N+](=O)[O-])C(O[N+](=O)[O-])C(O[N+](=O)[O-])C1O[N+](=O)[O-]. The molecule has 28 heavy (non-hydrogen) atoms. The van der Waals surface area contributed by atoms with E-state index in [-0.39, 0.29) is 0 Å². The second kappa shape index (κ2) is 9.06. The summed E-state index contributed by atoms with van der Waals surface area (Å²) in [6.07, 6.45) is -14.0. The van der Waals surface area contributed by atoms with Crippen molar-refractivity contribution in [1.82, 2.24) is 0 Å². The lowest BCUT2D eigenvalue weighted by molar-refractivity contribution is -0.843. The van der Waals surface area contributed by atoms with Gasteiger partial charge in [-0.3, -0.25) is 0 Å². The molecule has 0 aromatic heterocycles. The molecule has 0 amide bonds. The number of nitrogens with zero attached hydrogens (tertiary/aromatic N) is 5. The van der Waals surface area contributed by atoms with Crippen LogP contribution in [-0.4, -0.2) is 69.2 Å². The smallest absolute Gasteiger partial charge is 0.294 e. The minimum atomic E-state index is -2.52. The molecular weight excluding hydrogens is 410 g/mol. The van der Waals surface area contributed by atoms with Crippen LogP contribution in [0.3, 0.4) is 0 Å². The van der Waals surface area contributed by atoms with Gasteiger partial charge < -0.3 is 28.9 Å². The molecule has 0 spiro atoms. The molecule has 0 saturated heterocycles. The summed E-state index contributed by atoms with van der Waals surface area (Å²) in [4.78, 5) is 73.9. The zero-order valence-corrected chi connectivity index (χ0v) is 13.2. The first kappa shape index (κ1) is 22.0. The summed E-state index contributed by atoms with van der Waals surface area (Å²) in [6, 6.07) is 0. The highest BCUT2D eigenvalue weighted by Gasteiger charge is 2.59. The Kier molecular flexibility index (Phi) is 7.12. The van der Waals surface area contributed by atoms with E-state index in [1.807, 2.05) is 0 Å². The Labute approximate surface area is 150 Å². The van der Waals surface area contributed by atoms with Gasteiger partial charge in [0.25, 0.3) is 25.4 Å². The molecule has 0 aromatic carbocycles. The van der Waals surface area contributed by atoms with Crippen molar-refractivity contribution in [2.24, 2.45) is 0 Å². The van der Waals surface area contributed by atoms with Gasteiger partial charge in [0.1, 0.15) is 6.10 Å². The summed E-state index contributed by atoms with van der Waals surface area (Å²) in [5.41, 5.74) is 0. The van der Waals surface area contributed by atoms with Gasteiger partial charge in [0.05, 0.1) is 0 Å². The van der Waals surface area contributed by atoms with Crippen LogP contribution >= 0.6 is 0 Å². The molecule has 158 valence electrons. The minimum Gasteiger partial charge on any atom is -0.377 e. The average Bonchev–Trinajstić information content (AvgIpc) is 2.52. The van der Waals surface area contributed by atoms with Crippen LogP contribution in [-0.2, 0) is 28.9 Å². The van der Waals surface area contributed by atoms with Crippen LogP contribution in [0.15, 0.2) is 0 Å². The first-order valence-electron chi connectivity index (χ1n) is 6.56. The average molecular weight is 419 g/mol. The van der Waals surface area contributed by atoms with E-state index in [1.165, 1.54) is 0 Å². The molecule has 1 rings (SSSR count). The molecule has 0 aromatic rings. The van der Waals surface area contributed by atoms with E-state index in [9.17, 15) is 50.6 Å². The van der Waals surface area contributed by atoms with E-state index >= 15 is 0 Å². The Morgan fingerprint density at radius 2 is 0.643 bits per heavy atom. The van der Waals surface area contributed by atoms with Gasteiger partial charge in [-0.05, 0) is 0 Å². The van der Waals surface area contributed by atoms with Crippen molar-refractivity contribution < 1.29 is 54.4 Å². The van der Waals surface area contributed by atoms with Gasteiger partial charge in [0.2, 0.25) is 0 Å². The predicted molar refractivity (Wildman–Crippen MR) is 70.1 cm³/mol. The van der Waals surface area contributed by atoms with E-state index < -0.39 is 62.1 Å². The van der Waals surface area contributed by atoms with Crippen LogP contribution in [0.2, 0.25) is 0 Å². The quantitative estimate of drug-likeness (QED) is 0.256. The molecule has 0 bridgehead atoms. The van der Waals surface area contributed by atoms with Crippen molar-refractivity contribution in [3.05, 3.63) is 50.6 Å². The number of hydrogen-bond donors (Lipinski definition) is 0. The molecule has 21 nitrogen and oxygen atoms in total. The largest absolute Gasteiger partial charge is 0.377 e. The van der Waals surface area contributed by atoms with Crippen LogP contribution in [0.1, 0.15) is 0 Å². The van der Waals surface area contributed by atoms with Crippen LogP contribution in [0, 0.1) is 50.6 Å². The number of hydrogen-bond acceptors (Lipinski definition) is 16.